The fourth-order valence-corrected chi connectivity index (χ4v) is 7.12. The molecule has 0 aliphatic carbocycles. The lowest BCUT2D eigenvalue weighted by Crippen LogP contribution is -2.30. The molecule has 0 radical (unpaired) electrons. The number of amidine groups is 1. The topological polar surface area (TPSA) is 82.9 Å². The number of sulfonamides is 1. The SMILES string of the molecule is C=CCN1C(=O)/C(=C2\SC(C)=C(C)N2c2nccs2)S/C1=N/S(=O)(=O)c1ccc(F)cc1. The first-order chi connectivity index (χ1) is 15.2. The van der Waals surface area contributed by atoms with Crippen molar-refractivity contribution in [2.45, 2.75) is 18.7 Å². The summed E-state index contributed by atoms with van der Waals surface area (Å²) < 4.78 is 42.7. The van der Waals surface area contributed by atoms with Crippen molar-refractivity contribution in [3.05, 3.63) is 74.9 Å². The molecule has 166 valence electrons. The van der Waals surface area contributed by atoms with E-state index in [1.807, 2.05) is 24.1 Å². The standard InChI is InChI=1S/C20H17FN4O3S4/c1-4-10-24-17(26)16(18-25(12(2)13(3)30-18)19-22-9-11-29-19)31-20(24)23-32(27,28)15-7-5-14(21)6-8-15/h4-9,11H,1,10H2,2-3H3/b18-16+,23-20+. The number of anilines is 1. The maximum Gasteiger partial charge on any atom is 0.284 e. The van der Waals surface area contributed by atoms with Crippen molar-refractivity contribution in [3.63, 3.8) is 0 Å². The Kier molecular flexibility index (Phi) is 6.30. The van der Waals surface area contributed by atoms with E-state index >= 15 is 0 Å². The van der Waals surface area contributed by atoms with E-state index in [0.717, 1.165) is 46.6 Å². The summed E-state index contributed by atoms with van der Waals surface area (Å²) in [6.07, 6.45) is 3.19. The largest absolute Gasteiger partial charge is 0.284 e. The zero-order chi connectivity index (χ0) is 23.0. The Bertz CT molecular complexity index is 1280. The molecular formula is C20H17FN4O3S4. The van der Waals surface area contributed by atoms with Crippen LogP contribution in [0.15, 0.2) is 78.3 Å². The number of benzene rings is 1. The van der Waals surface area contributed by atoms with Crippen LogP contribution < -0.4 is 4.90 Å². The summed E-state index contributed by atoms with van der Waals surface area (Å²) in [6, 6.07) is 4.38. The Morgan fingerprint density at radius 3 is 2.56 bits per heavy atom. The highest BCUT2D eigenvalue weighted by molar-refractivity contribution is 8.20. The molecule has 1 saturated heterocycles. The third-order valence-electron chi connectivity index (χ3n) is 4.59. The summed E-state index contributed by atoms with van der Waals surface area (Å²) in [6.45, 7) is 7.65. The first-order valence-electron chi connectivity index (χ1n) is 9.23. The summed E-state index contributed by atoms with van der Waals surface area (Å²) in [5, 5.41) is 3.23. The van der Waals surface area contributed by atoms with Crippen LogP contribution in [0.1, 0.15) is 13.8 Å². The van der Waals surface area contributed by atoms with Crippen molar-refractivity contribution in [2.24, 2.45) is 4.40 Å². The van der Waals surface area contributed by atoms with Crippen LogP contribution in [0.2, 0.25) is 0 Å². The van der Waals surface area contributed by atoms with Crippen LogP contribution in [0.3, 0.4) is 0 Å². The molecule has 0 atom stereocenters. The van der Waals surface area contributed by atoms with E-state index in [4.69, 9.17) is 0 Å². The van der Waals surface area contributed by atoms with Crippen molar-refractivity contribution >= 4 is 61.1 Å². The smallest absolute Gasteiger partial charge is 0.282 e. The minimum absolute atomic E-state index is 0.0172. The van der Waals surface area contributed by atoms with E-state index in [1.165, 1.54) is 34.1 Å². The molecule has 0 saturated carbocycles. The van der Waals surface area contributed by atoms with Gasteiger partial charge in [-0.25, -0.2) is 9.37 Å². The maximum atomic E-state index is 13.3. The second kappa shape index (κ2) is 8.85. The predicted octanol–water partition coefficient (Wildman–Crippen LogP) is 4.76. The van der Waals surface area contributed by atoms with Gasteiger partial charge in [0.25, 0.3) is 15.9 Å². The van der Waals surface area contributed by atoms with Crippen LogP contribution >= 0.6 is 34.9 Å². The van der Waals surface area contributed by atoms with E-state index in [1.54, 1.807) is 6.20 Å². The molecule has 32 heavy (non-hydrogen) atoms. The molecule has 0 N–H and O–H groups in total. The number of amides is 1. The minimum Gasteiger partial charge on any atom is -0.282 e. The van der Waals surface area contributed by atoms with Gasteiger partial charge < -0.3 is 0 Å². The van der Waals surface area contributed by atoms with E-state index < -0.39 is 15.8 Å². The number of aromatic nitrogens is 1. The number of rotatable bonds is 5. The molecule has 1 amide bonds. The monoisotopic (exact) mass is 508 g/mol. The van der Waals surface area contributed by atoms with Crippen molar-refractivity contribution in [3.8, 4) is 0 Å². The van der Waals surface area contributed by atoms with Gasteiger partial charge in [0.05, 0.1) is 4.90 Å². The Labute approximate surface area is 197 Å². The zero-order valence-electron chi connectivity index (χ0n) is 17.0. The molecule has 0 spiro atoms. The molecule has 2 aliphatic heterocycles. The van der Waals surface area contributed by atoms with Gasteiger partial charge in [-0.3, -0.25) is 14.6 Å². The highest BCUT2D eigenvalue weighted by Gasteiger charge is 2.40. The quantitative estimate of drug-likeness (QED) is 0.425. The Hall–Kier alpha value is -2.41. The van der Waals surface area contributed by atoms with Gasteiger partial charge in [0.2, 0.25) is 0 Å². The molecular weight excluding hydrogens is 492 g/mol. The van der Waals surface area contributed by atoms with Crippen molar-refractivity contribution < 1.29 is 17.6 Å². The average molecular weight is 509 g/mol. The van der Waals surface area contributed by atoms with Crippen molar-refractivity contribution in [1.29, 1.82) is 0 Å². The summed E-state index contributed by atoms with van der Waals surface area (Å²) >= 11 is 3.85. The molecule has 4 rings (SSSR count). The molecule has 3 heterocycles. The fraction of sp³-hybridized carbons (Fsp3) is 0.150. The first kappa shape index (κ1) is 22.8. The summed E-state index contributed by atoms with van der Waals surface area (Å²) in [4.78, 5) is 22.0. The summed E-state index contributed by atoms with van der Waals surface area (Å²) in [5.74, 6) is -0.921. The molecule has 1 aromatic carbocycles. The molecule has 1 aromatic heterocycles. The molecule has 0 bridgehead atoms. The number of carbonyl (C=O) groups excluding carboxylic acids is 1. The second-order valence-corrected chi connectivity index (χ2v) is 11.3. The van der Waals surface area contributed by atoms with Crippen molar-refractivity contribution in [2.75, 3.05) is 11.4 Å². The van der Waals surface area contributed by atoms with Crippen LogP contribution in [0.4, 0.5) is 9.52 Å². The van der Waals surface area contributed by atoms with Crippen LogP contribution in [0.5, 0.6) is 0 Å². The molecule has 2 aliphatic rings. The molecule has 7 nitrogen and oxygen atoms in total. The lowest BCUT2D eigenvalue weighted by molar-refractivity contribution is -0.121. The highest BCUT2D eigenvalue weighted by Crippen LogP contribution is 2.49. The van der Waals surface area contributed by atoms with E-state index in [0.29, 0.717) is 15.1 Å². The first-order valence-corrected chi connectivity index (χ1v) is 13.2. The molecule has 2 aromatic rings. The Balaban J connectivity index is 1.79. The van der Waals surface area contributed by atoms with Gasteiger partial charge in [-0.1, -0.05) is 17.8 Å². The van der Waals surface area contributed by atoms with Crippen LogP contribution in [0, 0.1) is 5.82 Å². The van der Waals surface area contributed by atoms with Gasteiger partial charge in [-0.05, 0) is 49.9 Å². The fourth-order valence-electron chi connectivity index (χ4n) is 2.93. The third kappa shape index (κ3) is 4.15. The molecule has 0 unspecified atom stereocenters. The number of carbonyl (C=O) groups is 1. The molecule has 12 heteroatoms. The summed E-state index contributed by atoms with van der Waals surface area (Å²) in [7, 11) is -4.15. The Morgan fingerprint density at radius 2 is 1.94 bits per heavy atom. The number of hydrogen-bond acceptors (Lipinski definition) is 8. The second-order valence-electron chi connectivity index (χ2n) is 6.64. The maximum absolute atomic E-state index is 13.3. The number of nitrogens with zero attached hydrogens (tertiary/aromatic N) is 4. The van der Waals surface area contributed by atoms with Crippen LogP contribution in [-0.2, 0) is 14.8 Å². The number of halogens is 1. The van der Waals surface area contributed by atoms with Gasteiger partial charge in [0.15, 0.2) is 10.3 Å². The minimum atomic E-state index is -4.15. The predicted molar refractivity (Wildman–Crippen MR) is 128 cm³/mol. The molecule has 1 fully saturated rings. The van der Waals surface area contributed by atoms with E-state index in [-0.39, 0.29) is 22.5 Å². The van der Waals surface area contributed by atoms with Crippen molar-refractivity contribution in [1.82, 2.24) is 9.88 Å². The van der Waals surface area contributed by atoms with Crippen LogP contribution in [-0.4, -0.2) is 35.9 Å². The normalized spacial score (nSPS) is 20.7. The van der Waals surface area contributed by atoms with Crippen LogP contribution in [0.25, 0.3) is 0 Å². The Morgan fingerprint density at radius 1 is 1.22 bits per heavy atom. The van der Waals surface area contributed by atoms with E-state index in [9.17, 15) is 17.6 Å². The number of allylic oxidation sites excluding steroid dienone is 2. The van der Waals surface area contributed by atoms with Gasteiger partial charge in [-0.2, -0.15) is 8.42 Å². The van der Waals surface area contributed by atoms with E-state index in [2.05, 4.69) is 16.0 Å². The van der Waals surface area contributed by atoms with Gasteiger partial charge in [-0.15, -0.1) is 22.3 Å². The number of hydrogen-bond donors (Lipinski definition) is 0. The lowest BCUT2D eigenvalue weighted by Gasteiger charge is -2.19. The van der Waals surface area contributed by atoms with Gasteiger partial charge >= 0.3 is 0 Å². The third-order valence-corrected chi connectivity index (χ3v) is 9.12. The number of thioether (sulfide) groups is 2. The highest BCUT2D eigenvalue weighted by atomic mass is 32.2. The lowest BCUT2D eigenvalue weighted by atomic mass is 10.4. The summed E-state index contributed by atoms with van der Waals surface area (Å²) in [5.41, 5.74) is 0.945. The van der Waals surface area contributed by atoms with Gasteiger partial charge in [0.1, 0.15) is 15.8 Å². The average Bonchev–Trinajstić information content (AvgIpc) is 3.44. The number of thiazole rings is 1. The zero-order valence-corrected chi connectivity index (χ0v) is 20.2. The van der Waals surface area contributed by atoms with Gasteiger partial charge in [0, 0.05) is 28.7 Å².